The first-order valence-corrected chi connectivity index (χ1v) is 6.64. The lowest BCUT2D eigenvalue weighted by Crippen LogP contribution is -2.02. The Balaban J connectivity index is 1.99. The first-order chi connectivity index (χ1) is 10.1. The Morgan fingerprint density at radius 3 is 2.71 bits per heavy atom. The van der Waals surface area contributed by atoms with Crippen LogP contribution in [0, 0.1) is 5.82 Å². The van der Waals surface area contributed by atoms with E-state index in [1.54, 1.807) is 37.4 Å². The van der Waals surface area contributed by atoms with Crippen molar-refractivity contribution in [2.75, 3.05) is 0 Å². The van der Waals surface area contributed by atoms with E-state index >= 15 is 0 Å². The first kappa shape index (κ1) is 15.2. The van der Waals surface area contributed by atoms with E-state index in [0.717, 1.165) is 5.56 Å². The molecule has 1 aromatic carbocycles. The molecule has 0 bridgehead atoms. The van der Waals surface area contributed by atoms with Gasteiger partial charge < -0.3 is 4.74 Å². The number of hydrogen-bond donors (Lipinski definition) is 0. The van der Waals surface area contributed by atoms with E-state index in [2.05, 4.69) is 4.98 Å². The van der Waals surface area contributed by atoms with E-state index in [9.17, 15) is 9.18 Å². The summed E-state index contributed by atoms with van der Waals surface area (Å²) >= 11 is 5.87. The van der Waals surface area contributed by atoms with Crippen molar-refractivity contribution in [3.63, 3.8) is 0 Å². The molecule has 0 aliphatic rings. The number of nitrogens with zero attached hydrogens (tertiary/aromatic N) is 1. The van der Waals surface area contributed by atoms with Gasteiger partial charge in [0.05, 0.1) is 0 Å². The Hall–Kier alpha value is -2.20. The number of esters is 1. The number of halogens is 2. The molecule has 0 fully saturated rings. The van der Waals surface area contributed by atoms with Crippen molar-refractivity contribution in [1.82, 2.24) is 4.98 Å². The van der Waals surface area contributed by atoms with E-state index in [4.69, 9.17) is 16.3 Å². The van der Waals surface area contributed by atoms with Gasteiger partial charge in [0.15, 0.2) is 0 Å². The van der Waals surface area contributed by atoms with Crippen LogP contribution in [0.4, 0.5) is 4.39 Å². The third kappa shape index (κ3) is 4.39. The first-order valence-electron chi connectivity index (χ1n) is 6.26. The van der Waals surface area contributed by atoms with Gasteiger partial charge in [-0.3, -0.25) is 0 Å². The monoisotopic (exact) mass is 305 g/mol. The molecule has 0 saturated carbocycles. The number of benzene rings is 1. The summed E-state index contributed by atoms with van der Waals surface area (Å²) in [5.41, 5.74) is 2.09. The Kier molecular flexibility index (Phi) is 5.06. The van der Waals surface area contributed by atoms with Crippen molar-refractivity contribution in [2.24, 2.45) is 0 Å². The van der Waals surface area contributed by atoms with Gasteiger partial charge in [0.2, 0.25) is 0 Å². The van der Waals surface area contributed by atoms with Crippen LogP contribution in [-0.2, 0) is 16.1 Å². The molecule has 108 valence electrons. The Labute approximate surface area is 127 Å². The summed E-state index contributed by atoms with van der Waals surface area (Å²) in [4.78, 5) is 15.6. The van der Waals surface area contributed by atoms with Gasteiger partial charge in [-0.25, -0.2) is 14.2 Å². The molecule has 0 atom stereocenters. The molecule has 1 aromatic heterocycles. The zero-order valence-corrected chi connectivity index (χ0v) is 12.1. The highest BCUT2D eigenvalue weighted by molar-refractivity contribution is 6.30. The van der Waals surface area contributed by atoms with E-state index in [1.807, 2.05) is 0 Å². The number of rotatable bonds is 4. The van der Waals surface area contributed by atoms with Gasteiger partial charge in [0, 0.05) is 17.8 Å². The van der Waals surface area contributed by atoms with Crippen LogP contribution in [0.3, 0.4) is 0 Å². The second-order valence-electron chi connectivity index (χ2n) is 4.40. The minimum Gasteiger partial charge on any atom is -0.458 e. The van der Waals surface area contributed by atoms with Gasteiger partial charge in [-0.1, -0.05) is 29.8 Å². The molecular formula is C16H13ClFNO2. The predicted molar refractivity (Wildman–Crippen MR) is 79.1 cm³/mol. The Morgan fingerprint density at radius 1 is 1.33 bits per heavy atom. The van der Waals surface area contributed by atoms with Gasteiger partial charge in [-0.15, -0.1) is 0 Å². The summed E-state index contributed by atoms with van der Waals surface area (Å²) < 4.78 is 17.9. The Morgan fingerprint density at radius 2 is 2.05 bits per heavy atom. The van der Waals surface area contributed by atoms with Crippen LogP contribution in [0.5, 0.6) is 0 Å². The second kappa shape index (κ2) is 6.99. The largest absolute Gasteiger partial charge is 0.458 e. The molecule has 3 nitrogen and oxygen atoms in total. The fraction of sp³-hybridized carbons (Fsp3) is 0.125. The molecule has 0 unspecified atom stereocenters. The maximum Gasteiger partial charge on any atom is 0.331 e. The topological polar surface area (TPSA) is 39.2 Å². The van der Waals surface area contributed by atoms with E-state index in [-0.39, 0.29) is 12.4 Å². The average Bonchev–Trinajstić information content (AvgIpc) is 2.47. The summed E-state index contributed by atoms with van der Waals surface area (Å²) in [5.74, 6) is -0.808. The molecular weight excluding hydrogens is 293 g/mol. The molecule has 0 amide bonds. The van der Waals surface area contributed by atoms with E-state index in [0.29, 0.717) is 16.3 Å². The quantitative estimate of drug-likeness (QED) is 0.486. The number of ether oxygens (including phenoxy) is 1. The van der Waals surface area contributed by atoms with Crippen LogP contribution in [0.1, 0.15) is 18.1 Å². The number of carbonyl (C=O) groups is 1. The smallest absolute Gasteiger partial charge is 0.331 e. The number of carbonyl (C=O) groups excluding carboxylic acids is 1. The Bertz CT molecular complexity index is 668. The lowest BCUT2D eigenvalue weighted by atomic mass is 10.1. The SMILES string of the molecule is C/C(=C\C(=O)OCc1cccnc1Cl)c1ccc(F)cc1. The number of aromatic nitrogens is 1. The maximum absolute atomic E-state index is 12.8. The molecule has 0 saturated heterocycles. The van der Waals surface area contributed by atoms with Crippen molar-refractivity contribution < 1.29 is 13.9 Å². The molecule has 0 aliphatic heterocycles. The van der Waals surface area contributed by atoms with Crippen LogP contribution in [0.15, 0.2) is 48.7 Å². The summed E-state index contributed by atoms with van der Waals surface area (Å²) in [5, 5.41) is 0.310. The average molecular weight is 306 g/mol. The zero-order valence-electron chi connectivity index (χ0n) is 11.3. The number of allylic oxidation sites excluding steroid dienone is 1. The van der Waals surface area contributed by atoms with Crippen molar-refractivity contribution >= 4 is 23.1 Å². The van der Waals surface area contributed by atoms with Gasteiger partial charge in [-0.2, -0.15) is 0 Å². The molecule has 0 radical (unpaired) electrons. The summed E-state index contributed by atoms with van der Waals surface area (Å²) in [6.45, 7) is 1.81. The number of hydrogen-bond acceptors (Lipinski definition) is 3. The zero-order chi connectivity index (χ0) is 15.2. The molecule has 2 rings (SSSR count). The highest BCUT2D eigenvalue weighted by atomic mass is 35.5. The van der Waals surface area contributed by atoms with E-state index in [1.165, 1.54) is 18.2 Å². The maximum atomic E-state index is 12.8. The number of pyridine rings is 1. The second-order valence-corrected chi connectivity index (χ2v) is 4.75. The van der Waals surface area contributed by atoms with Crippen LogP contribution >= 0.6 is 11.6 Å². The molecule has 21 heavy (non-hydrogen) atoms. The highest BCUT2D eigenvalue weighted by Crippen LogP contribution is 2.16. The van der Waals surface area contributed by atoms with Gasteiger partial charge >= 0.3 is 5.97 Å². The van der Waals surface area contributed by atoms with Crippen molar-refractivity contribution in [2.45, 2.75) is 13.5 Å². The van der Waals surface area contributed by atoms with Crippen molar-refractivity contribution in [1.29, 1.82) is 0 Å². The van der Waals surface area contributed by atoms with E-state index < -0.39 is 5.97 Å². The molecule has 0 N–H and O–H groups in total. The molecule has 5 heteroatoms. The van der Waals surface area contributed by atoms with Crippen LogP contribution in [0.25, 0.3) is 5.57 Å². The molecule has 2 aromatic rings. The van der Waals surface area contributed by atoms with Crippen LogP contribution < -0.4 is 0 Å². The highest BCUT2D eigenvalue weighted by Gasteiger charge is 2.05. The van der Waals surface area contributed by atoms with Crippen molar-refractivity contribution in [3.8, 4) is 0 Å². The van der Waals surface area contributed by atoms with Gasteiger partial charge in [-0.05, 0) is 36.3 Å². The fourth-order valence-electron chi connectivity index (χ4n) is 1.69. The third-order valence-electron chi connectivity index (χ3n) is 2.84. The molecule has 1 heterocycles. The van der Waals surface area contributed by atoms with Crippen molar-refractivity contribution in [3.05, 3.63) is 70.8 Å². The minimum atomic E-state index is -0.489. The van der Waals surface area contributed by atoms with Gasteiger partial charge in [0.25, 0.3) is 0 Å². The molecule has 0 spiro atoms. The predicted octanol–water partition coefficient (Wildman–Crippen LogP) is 4.02. The lowest BCUT2D eigenvalue weighted by Gasteiger charge is -2.05. The summed E-state index contributed by atoms with van der Waals surface area (Å²) in [6.07, 6.45) is 2.92. The fourth-order valence-corrected chi connectivity index (χ4v) is 1.86. The van der Waals surface area contributed by atoms with Gasteiger partial charge in [0.1, 0.15) is 17.6 Å². The molecule has 0 aliphatic carbocycles. The van der Waals surface area contributed by atoms with Crippen LogP contribution in [0.2, 0.25) is 5.15 Å². The summed E-state index contributed by atoms with van der Waals surface area (Å²) in [6, 6.07) is 9.34. The minimum absolute atomic E-state index is 0.0543. The summed E-state index contributed by atoms with van der Waals surface area (Å²) in [7, 11) is 0. The lowest BCUT2D eigenvalue weighted by molar-refractivity contribution is -0.138. The standard InChI is InChI=1S/C16H13ClFNO2/c1-11(12-4-6-14(18)7-5-12)9-15(20)21-10-13-3-2-8-19-16(13)17/h2-9H,10H2,1H3/b11-9+. The third-order valence-corrected chi connectivity index (χ3v) is 3.18. The van der Waals surface area contributed by atoms with Crippen LogP contribution in [-0.4, -0.2) is 11.0 Å². The normalized spacial score (nSPS) is 11.3.